The second-order valence-corrected chi connectivity index (χ2v) is 6.28. The highest BCUT2D eigenvalue weighted by Crippen LogP contribution is 2.33. The second-order valence-electron chi connectivity index (χ2n) is 6.28. The number of ether oxygens (including phenoxy) is 1. The Morgan fingerprint density at radius 2 is 1.81 bits per heavy atom. The van der Waals surface area contributed by atoms with Crippen LogP contribution in [0.3, 0.4) is 0 Å². The number of benzene rings is 2. The van der Waals surface area contributed by atoms with Crippen LogP contribution in [0, 0.1) is 10.1 Å². The zero-order chi connectivity index (χ0) is 19.4. The summed E-state index contributed by atoms with van der Waals surface area (Å²) in [6.07, 6.45) is -0.946. The SMILES string of the molecule is COc1ccccc1N1CCN(c2ccccc2NC(C)=O)C([N+](=O)[O-])C1. The summed E-state index contributed by atoms with van der Waals surface area (Å²) in [5.74, 6) is 0.472. The van der Waals surface area contributed by atoms with Gasteiger partial charge in [-0.05, 0) is 24.3 Å². The summed E-state index contributed by atoms with van der Waals surface area (Å²) in [7, 11) is 1.59. The van der Waals surface area contributed by atoms with Crippen LogP contribution in [0.15, 0.2) is 48.5 Å². The topological polar surface area (TPSA) is 88.0 Å². The third-order valence-electron chi connectivity index (χ3n) is 4.55. The van der Waals surface area contributed by atoms with Crippen molar-refractivity contribution in [2.24, 2.45) is 0 Å². The van der Waals surface area contributed by atoms with Crippen LogP contribution in [0.2, 0.25) is 0 Å². The number of piperazine rings is 1. The molecule has 1 heterocycles. The number of hydrogen-bond acceptors (Lipinski definition) is 6. The molecule has 0 saturated carbocycles. The standard InChI is InChI=1S/C19H22N4O4/c1-14(24)20-15-7-3-4-8-16(15)22-12-11-21(13-19(22)23(25)26)17-9-5-6-10-18(17)27-2/h3-10,19H,11-13H2,1-2H3,(H,20,24). The zero-order valence-corrected chi connectivity index (χ0v) is 15.3. The number of nitro groups is 1. The minimum atomic E-state index is -0.946. The zero-order valence-electron chi connectivity index (χ0n) is 15.3. The molecule has 0 spiro atoms. The Labute approximate surface area is 157 Å². The van der Waals surface area contributed by atoms with Crippen LogP contribution >= 0.6 is 0 Å². The molecule has 0 radical (unpaired) electrons. The first-order chi connectivity index (χ1) is 13.0. The van der Waals surface area contributed by atoms with Crippen molar-refractivity contribution >= 4 is 23.0 Å². The first kappa shape index (κ1) is 18.5. The molecule has 0 aliphatic carbocycles. The van der Waals surface area contributed by atoms with Gasteiger partial charge in [0.25, 0.3) is 0 Å². The van der Waals surface area contributed by atoms with E-state index in [4.69, 9.17) is 4.74 Å². The number of para-hydroxylation sites is 4. The van der Waals surface area contributed by atoms with E-state index in [1.54, 1.807) is 30.2 Å². The first-order valence-electron chi connectivity index (χ1n) is 8.66. The predicted molar refractivity (Wildman–Crippen MR) is 104 cm³/mol. The van der Waals surface area contributed by atoms with E-state index in [0.717, 1.165) is 5.69 Å². The molecule has 0 bridgehead atoms. The van der Waals surface area contributed by atoms with Crippen LogP contribution in [0.4, 0.5) is 17.1 Å². The van der Waals surface area contributed by atoms with Crippen molar-refractivity contribution in [3.63, 3.8) is 0 Å². The van der Waals surface area contributed by atoms with E-state index in [0.29, 0.717) is 30.2 Å². The molecule has 0 aromatic heterocycles. The van der Waals surface area contributed by atoms with Crippen molar-refractivity contribution in [3.8, 4) is 5.75 Å². The third kappa shape index (κ3) is 3.94. The molecular formula is C19H22N4O4. The summed E-state index contributed by atoms with van der Waals surface area (Å²) in [4.78, 5) is 26.7. The van der Waals surface area contributed by atoms with Crippen LogP contribution in [0.5, 0.6) is 5.75 Å². The molecule has 1 atom stereocenters. The van der Waals surface area contributed by atoms with Crippen molar-refractivity contribution in [3.05, 3.63) is 58.6 Å². The van der Waals surface area contributed by atoms with Crippen LogP contribution in [0.25, 0.3) is 0 Å². The van der Waals surface area contributed by atoms with Gasteiger partial charge in [0.1, 0.15) is 12.3 Å². The summed E-state index contributed by atoms with van der Waals surface area (Å²) >= 11 is 0. The van der Waals surface area contributed by atoms with Gasteiger partial charge < -0.3 is 19.9 Å². The maximum Gasteiger partial charge on any atom is 0.304 e. The van der Waals surface area contributed by atoms with Crippen molar-refractivity contribution in [1.29, 1.82) is 0 Å². The van der Waals surface area contributed by atoms with Gasteiger partial charge in [-0.15, -0.1) is 0 Å². The monoisotopic (exact) mass is 370 g/mol. The Morgan fingerprint density at radius 1 is 1.15 bits per heavy atom. The molecule has 1 amide bonds. The number of nitrogens with zero attached hydrogens (tertiary/aromatic N) is 3. The Morgan fingerprint density at radius 3 is 2.48 bits per heavy atom. The Balaban J connectivity index is 1.90. The molecule has 1 N–H and O–H groups in total. The quantitative estimate of drug-likeness (QED) is 0.643. The smallest absolute Gasteiger partial charge is 0.304 e. The van der Waals surface area contributed by atoms with Gasteiger partial charge in [-0.25, -0.2) is 0 Å². The number of nitrogens with one attached hydrogen (secondary N) is 1. The van der Waals surface area contributed by atoms with Crippen molar-refractivity contribution in [2.45, 2.75) is 13.1 Å². The molecule has 2 aromatic rings. The van der Waals surface area contributed by atoms with Gasteiger partial charge in [0.15, 0.2) is 0 Å². The number of anilines is 3. The fourth-order valence-electron chi connectivity index (χ4n) is 3.36. The molecule has 1 aliphatic heterocycles. The summed E-state index contributed by atoms with van der Waals surface area (Å²) in [5, 5.41) is 14.6. The summed E-state index contributed by atoms with van der Waals surface area (Å²) < 4.78 is 5.40. The normalized spacial score (nSPS) is 16.7. The summed E-state index contributed by atoms with van der Waals surface area (Å²) in [5.41, 5.74) is 2.05. The van der Waals surface area contributed by atoms with Crippen molar-refractivity contribution in [1.82, 2.24) is 0 Å². The first-order valence-corrected chi connectivity index (χ1v) is 8.66. The molecule has 1 fully saturated rings. The van der Waals surface area contributed by atoms with E-state index in [1.165, 1.54) is 6.92 Å². The number of carbonyl (C=O) groups excluding carboxylic acids is 1. The van der Waals surface area contributed by atoms with E-state index >= 15 is 0 Å². The largest absolute Gasteiger partial charge is 0.495 e. The van der Waals surface area contributed by atoms with Crippen molar-refractivity contribution in [2.75, 3.05) is 41.9 Å². The Bertz CT molecular complexity index is 842. The van der Waals surface area contributed by atoms with E-state index < -0.39 is 6.17 Å². The molecule has 3 rings (SSSR count). The van der Waals surface area contributed by atoms with E-state index in [-0.39, 0.29) is 17.4 Å². The molecule has 2 aromatic carbocycles. The lowest BCUT2D eigenvalue weighted by Gasteiger charge is -2.39. The van der Waals surface area contributed by atoms with Crippen LogP contribution in [-0.4, -0.2) is 43.7 Å². The maximum atomic E-state index is 11.8. The third-order valence-corrected chi connectivity index (χ3v) is 4.55. The van der Waals surface area contributed by atoms with Crippen LogP contribution in [0.1, 0.15) is 6.92 Å². The average Bonchev–Trinajstić information content (AvgIpc) is 2.67. The highest BCUT2D eigenvalue weighted by Gasteiger charge is 2.37. The van der Waals surface area contributed by atoms with Gasteiger partial charge in [-0.2, -0.15) is 0 Å². The molecule has 142 valence electrons. The molecule has 1 unspecified atom stereocenters. The molecule has 1 aliphatic rings. The highest BCUT2D eigenvalue weighted by atomic mass is 16.6. The lowest BCUT2D eigenvalue weighted by Crippen LogP contribution is -2.57. The number of rotatable bonds is 5. The molecular weight excluding hydrogens is 348 g/mol. The minimum Gasteiger partial charge on any atom is -0.495 e. The van der Waals surface area contributed by atoms with Gasteiger partial charge in [-0.3, -0.25) is 14.9 Å². The Kier molecular flexibility index (Phi) is 5.44. The number of amides is 1. The van der Waals surface area contributed by atoms with Gasteiger partial charge >= 0.3 is 6.17 Å². The number of hydrogen-bond donors (Lipinski definition) is 1. The molecule has 8 nitrogen and oxygen atoms in total. The van der Waals surface area contributed by atoms with Crippen molar-refractivity contribution < 1.29 is 14.5 Å². The highest BCUT2D eigenvalue weighted by molar-refractivity contribution is 5.92. The number of methoxy groups -OCH3 is 1. The second kappa shape index (κ2) is 7.94. The van der Waals surface area contributed by atoms with Gasteiger partial charge in [0, 0.05) is 24.9 Å². The Hall–Kier alpha value is -3.29. The summed E-state index contributed by atoms with van der Waals surface area (Å²) in [6.45, 7) is 2.67. The van der Waals surface area contributed by atoms with E-state index in [9.17, 15) is 14.9 Å². The molecule has 1 saturated heterocycles. The van der Waals surface area contributed by atoms with Gasteiger partial charge in [0.05, 0.1) is 24.2 Å². The van der Waals surface area contributed by atoms with Gasteiger partial charge in [-0.1, -0.05) is 24.3 Å². The van der Waals surface area contributed by atoms with E-state index in [1.807, 2.05) is 35.2 Å². The number of carbonyl (C=O) groups is 1. The van der Waals surface area contributed by atoms with Gasteiger partial charge in [0.2, 0.25) is 5.91 Å². The summed E-state index contributed by atoms with van der Waals surface area (Å²) in [6, 6.07) is 14.6. The average molecular weight is 370 g/mol. The van der Waals surface area contributed by atoms with E-state index in [2.05, 4.69) is 5.32 Å². The molecule has 27 heavy (non-hydrogen) atoms. The fraction of sp³-hybridized carbons (Fsp3) is 0.316. The minimum absolute atomic E-state index is 0.210. The maximum absolute atomic E-state index is 11.8. The lowest BCUT2D eigenvalue weighted by molar-refractivity contribution is -0.519. The molecule has 8 heteroatoms. The predicted octanol–water partition coefficient (Wildman–Crippen LogP) is 2.58. The fourth-order valence-corrected chi connectivity index (χ4v) is 3.36. The van der Waals surface area contributed by atoms with Crippen LogP contribution < -0.4 is 19.9 Å². The lowest BCUT2D eigenvalue weighted by atomic mass is 10.1. The van der Waals surface area contributed by atoms with Crippen LogP contribution in [-0.2, 0) is 4.79 Å².